The maximum Gasteiger partial charge on any atom is 0.337 e. The summed E-state index contributed by atoms with van der Waals surface area (Å²) in [6, 6.07) is 17.0. The Bertz CT molecular complexity index is 1070. The highest BCUT2D eigenvalue weighted by Crippen LogP contribution is 2.25. The van der Waals surface area contributed by atoms with Gasteiger partial charge in [-0.05, 0) is 52.1 Å². The Morgan fingerprint density at radius 1 is 0.828 bits per heavy atom. The van der Waals surface area contributed by atoms with Gasteiger partial charge in [0.05, 0.1) is 5.56 Å². The maximum atomic E-state index is 13.1. The number of hydrogen-bond acceptors (Lipinski definition) is 3. The summed E-state index contributed by atoms with van der Waals surface area (Å²) in [5, 5.41) is 27.8. The summed E-state index contributed by atoms with van der Waals surface area (Å²) in [5.41, 5.74) is 3.03. The monoisotopic (exact) mass is 392 g/mol. The highest BCUT2D eigenvalue weighted by Gasteiger charge is 2.15. The number of halogens is 1. The molecule has 5 nitrogen and oxygen atoms in total. The van der Waals surface area contributed by atoms with E-state index in [0.29, 0.717) is 11.1 Å². The van der Waals surface area contributed by atoms with E-state index in [1.807, 2.05) is 0 Å². The van der Waals surface area contributed by atoms with Crippen molar-refractivity contribution in [1.29, 1.82) is 0 Å². The van der Waals surface area contributed by atoms with Crippen LogP contribution in [-0.4, -0.2) is 27.3 Å². The van der Waals surface area contributed by atoms with Crippen LogP contribution in [-0.2, 0) is 4.79 Å². The smallest absolute Gasteiger partial charge is 0.337 e. The van der Waals surface area contributed by atoms with Crippen LogP contribution < -0.4 is 0 Å². The Hall–Kier alpha value is -3.77. The minimum Gasteiger partial charge on any atom is -0.479 e. The number of aliphatic hydroxyl groups excluding tert-OH is 1. The van der Waals surface area contributed by atoms with E-state index >= 15 is 0 Å². The van der Waals surface area contributed by atoms with Gasteiger partial charge in [0, 0.05) is 0 Å². The predicted octanol–water partition coefficient (Wildman–Crippen LogP) is 4.48. The molecule has 0 aliphatic rings. The quantitative estimate of drug-likeness (QED) is 0.538. The molecule has 0 heterocycles. The van der Waals surface area contributed by atoms with Crippen LogP contribution in [0.5, 0.6) is 0 Å². The van der Waals surface area contributed by atoms with Gasteiger partial charge in [-0.15, -0.1) is 0 Å². The first-order chi connectivity index (χ1) is 13.8. The van der Waals surface area contributed by atoms with E-state index in [4.69, 9.17) is 5.11 Å². The Balaban J connectivity index is 1.92. The number of carbonyl (C=O) groups is 2. The van der Waals surface area contributed by atoms with Crippen molar-refractivity contribution in [2.24, 2.45) is 0 Å². The predicted molar refractivity (Wildman–Crippen MR) is 107 cm³/mol. The number of carboxylic acids is 2. The molecule has 29 heavy (non-hydrogen) atoms. The van der Waals surface area contributed by atoms with Gasteiger partial charge >= 0.3 is 11.9 Å². The number of aliphatic hydroxyl groups is 1. The molecule has 0 aliphatic heterocycles. The Morgan fingerprint density at radius 3 is 2.03 bits per heavy atom. The van der Waals surface area contributed by atoms with Gasteiger partial charge in [0.1, 0.15) is 5.82 Å². The zero-order valence-electron chi connectivity index (χ0n) is 15.1. The molecular weight excluding hydrogens is 375 g/mol. The lowest BCUT2D eigenvalue weighted by atomic mass is 9.98. The van der Waals surface area contributed by atoms with Crippen LogP contribution >= 0.6 is 0 Å². The number of hydrogen-bond donors (Lipinski definition) is 3. The maximum absolute atomic E-state index is 13.1. The molecule has 1 unspecified atom stereocenters. The van der Waals surface area contributed by atoms with E-state index in [0.717, 1.165) is 11.1 Å². The Kier molecular flexibility index (Phi) is 5.85. The number of aliphatic carboxylic acids is 1. The van der Waals surface area contributed by atoms with Gasteiger partial charge in [0.2, 0.25) is 0 Å². The number of benzene rings is 3. The minimum atomic E-state index is -1.60. The van der Waals surface area contributed by atoms with Crippen molar-refractivity contribution in [2.45, 2.75) is 6.10 Å². The van der Waals surface area contributed by atoms with Gasteiger partial charge in [-0.1, -0.05) is 54.6 Å². The molecule has 6 heteroatoms. The molecule has 1 atom stereocenters. The molecule has 3 rings (SSSR count). The zero-order valence-corrected chi connectivity index (χ0v) is 15.1. The van der Waals surface area contributed by atoms with E-state index < -0.39 is 18.0 Å². The van der Waals surface area contributed by atoms with Gasteiger partial charge in [-0.25, -0.2) is 14.0 Å². The first kappa shape index (κ1) is 20.0. The molecule has 3 aromatic carbocycles. The van der Waals surface area contributed by atoms with Gasteiger partial charge in [0.25, 0.3) is 0 Å². The highest BCUT2D eigenvalue weighted by molar-refractivity contribution is 5.94. The third kappa shape index (κ3) is 4.75. The zero-order chi connectivity index (χ0) is 21.0. The number of rotatable bonds is 6. The fourth-order valence-electron chi connectivity index (χ4n) is 2.84. The van der Waals surface area contributed by atoms with Crippen LogP contribution in [0, 0.1) is 5.82 Å². The molecule has 0 radical (unpaired) electrons. The summed E-state index contributed by atoms with van der Waals surface area (Å²) < 4.78 is 13.1. The summed E-state index contributed by atoms with van der Waals surface area (Å²) in [4.78, 5) is 22.4. The summed E-state index contributed by atoms with van der Waals surface area (Å²) in [6.45, 7) is 0. The average Bonchev–Trinajstić information content (AvgIpc) is 2.72. The lowest BCUT2D eigenvalue weighted by Gasteiger charge is -2.07. The van der Waals surface area contributed by atoms with E-state index in [9.17, 15) is 24.2 Å². The molecule has 0 aromatic heterocycles. The van der Waals surface area contributed by atoms with Crippen molar-refractivity contribution in [3.63, 3.8) is 0 Å². The van der Waals surface area contributed by atoms with Crippen molar-refractivity contribution in [3.05, 3.63) is 94.8 Å². The van der Waals surface area contributed by atoms with Crippen LogP contribution in [0.25, 0.3) is 23.3 Å². The first-order valence-corrected chi connectivity index (χ1v) is 8.67. The minimum absolute atomic E-state index is 0.116. The second kappa shape index (κ2) is 8.50. The van der Waals surface area contributed by atoms with Gasteiger partial charge in [-0.2, -0.15) is 0 Å². The topological polar surface area (TPSA) is 94.8 Å². The fraction of sp³-hybridized carbons (Fsp3) is 0.0435. The van der Waals surface area contributed by atoms with Crippen molar-refractivity contribution < 1.29 is 29.3 Å². The third-order valence-electron chi connectivity index (χ3n) is 4.40. The van der Waals surface area contributed by atoms with Crippen LogP contribution in [0.2, 0.25) is 0 Å². The first-order valence-electron chi connectivity index (χ1n) is 8.67. The fourth-order valence-corrected chi connectivity index (χ4v) is 2.84. The molecule has 0 saturated carbocycles. The molecule has 3 aromatic rings. The standard InChI is InChI=1S/C23H17FO5/c24-19-10-7-15(8-11-19)17-9-12-20(22(26)27)18(13-17)6-3-14-1-4-16(5-2-14)21(25)23(28)29/h1-13,21,25H,(H,26,27)(H,28,29). The highest BCUT2D eigenvalue weighted by atomic mass is 19.1. The largest absolute Gasteiger partial charge is 0.479 e. The van der Waals surface area contributed by atoms with Gasteiger partial charge in [-0.3, -0.25) is 0 Å². The number of carboxylic acid groups (broad SMARTS) is 2. The molecule has 0 spiro atoms. The molecule has 0 bridgehead atoms. The summed E-state index contributed by atoms with van der Waals surface area (Å²) in [5.74, 6) is -2.76. The molecule has 0 amide bonds. The SMILES string of the molecule is O=C(O)c1ccc(-c2ccc(F)cc2)cc1C=Cc1ccc(C(O)C(=O)O)cc1. The summed E-state index contributed by atoms with van der Waals surface area (Å²) in [6.07, 6.45) is 1.73. The molecule has 0 aliphatic carbocycles. The molecule has 146 valence electrons. The second-order valence-electron chi connectivity index (χ2n) is 6.35. The van der Waals surface area contributed by atoms with E-state index in [2.05, 4.69) is 0 Å². The van der Waals surface area contributed by atoms with Gasteiger partial charge < -0.3 is 15.3 Å². The van der Waals surface area contributed by atoms with Crippen molar-refractivity contribution in [1.82, 2.24) is 0 Å². The second-order valence-corrected chi connectivity index (χ2v) is 6.35. The Labute approximate surface area is 166 Å². The van der Waals surface area contributed by atoms with E-state index in [1.54, 1.807) is 48.6 Å². The third-order valence-corrected chi connectivity index (χ3v) is 4.40. The van der Waals surface area contributed by atoms with Crippen molar-refractivity contribution in [3.8, 4) is 11.1 Å². The molecule has 3 N–H and O–H groups in total. The van der Waals surface area contributed by atoms with Crippen LogP contribution in [0.1, 0.15) is 33.2 Å². The van der Waals surface area contributed by atoms with Gasteiger partial charge in [0.15, 0.2) is 6.10 Å². The van der Waals surface area contributed by atoms with E-state index in [-0.39, 0.29) is 16.9 Å². The summed E-state index contributed by atoms with van der Waals surface area (Å²) in [7, 11) is 0. The van der Waals surface area contributed by atoms with E-state index in [1.165, 1.54) is 30.3 Å². The van der Waals surface area contributed by atoms with Crippen molar-refractivity contribution in [2.75, 3.05) is 0 Å². The molecule has 0 fully saturated rings. The number of aromatic carboxylic acids is 1. The van der Waals surface area contributed by atoms with Crippen LogP contribution in [0.3, 0.4) is 0 Å². The van der Waals surface area contributed by atoms with Crippen LogP contribution in [0.15, 0.2) is 66.7 Å². The molecular formula is C23H17FO5. The molecule has 0 saturated heterocycles. The Morgan fingerprint density at radius 2 is 1.45 bits per heavy atom. The van der Waals surface area contributed by atoms with Crippen LogP contribution in [0.4, 0.5) is 4.39 Å². The van der Waals surface area contributed by atoms with Crippen molar-refractivity contribution >= 4 is 24.1 Å². The average molecular weight is 392 g/mol. The lowest BCUT2D eigenvalue weighted by molar-refractivity contribution is -0.146. The summed E-state index contributed by atoms with van der Waals surface area (Å²) >= 11 is 0. The normalized spacial score (nSPS) is 12.1. The lowest BCUT2D eigenvalue weighted by Crippen LogP contribution is -2.10.